The first kappa shape index (κ1) is 15.9. The molecule has 0 radical (unpaired) electrons. The Morgan fingerprint density at radius 2 is 1.38 bits per heavy atom. The molecule has 0 aliphatic carbocycles. The Morgan fingerprint density at radius 3 is 1.88 bits per heavy atom. The molecule has 1 atom stereocenters. The van der Waals surface area contributed by atoms with Crippen molar-refractivity contribution in [1.82, 2.24) is 0 Å². The lowest BCUT2D eigenvalue weighted by Crippen LogP contribution is -2.33. The fraction of sp³-hybridized carbons (Fsp3) is 1.00. The van der Waals surface area contributed by atoms with Crippen LogP contribution in [0, 0.1) is 0 Å². The first-order valence-electron chi connectivity index (χ1n) is 6.93. The van der Waals surface area contributed by atoms with Crippen molar-refractivity contribution in [2.45, 2.75) is 90.4 Å². The minimum Gasteiger partial charge on any atom is -0.244 e. The molecule has 0 amide bonds. The van der Waals surface area contributed by atoms with Crippen LogP contribution in [0.1, 0.15) is 78.6 Å². The van der Waals surface area contributed by atoms with Gasteiger partial charge in [-0.1, -0.05) is 59.3 Å². The molecule has 0 spiro atoms. The topological polar surface area (TPSA) is 0 Å². The van der Waals surface area contributed by atoms with Crippen molar-refractivity contribution >= 4 is 0 Å². The van der Waals surface area contributed by atoms with Gasteiger partial charge in [-0.2, -0.15) is 0 Å². The van der Waals surface area contributed by atoms with E-state index in [1.807, 2.05) is 0 Å². The Balaban J connectivity index is 3.60. The summed E-state index contributed by atoms with van der Waals surface area (Å²) in [7, 11) is 0. The van der Waals surface area contributed by atoms with Gasteiger partial charge in [0, 0.05) is 0 Å². The van der Waals surface area contributed by atoms with Crippen LogP contribution >= 0.6 is 0 Å². The highest BCUT2D eigenvalue weighted by molar-refractivity contribution is 4.84. The molecule has 0 aliphatic heterocycles. The number of hydrogen-bond donors (Lipinski definition) is 0. The van der Waals surface area contributed by atoms with E-state index < -0.39 is 11.8 Å². The van der Waals surface area contributed by atoms with Crippen LogP contribution in [0.4, 0.5) is 8.78 Å². The molecule has 16 heavy (non-hydrogen) atoms. The SMILES string of the molecule is CCCCCCCCC(F)C(F)(CC)CC. The largest absolute Gasteiger partial charge is 0.244 e. The predicted octanol–water partition coefficient (Wildman–Crippen LogP) is 5.60. The van der Waals surface area contributed by atoms with Crippen LogP contribution < -0.4 is 0 Å². The minimum atomic E-state index is -1.58. The number of unbranched alkanes of at least 4 members (excludes halogenated alkanes) is 5. The Labute approximate surface area is 99.8 Å². The lowest BCUT2D eigenvalue weighted by Gasteiger charge is -2.26. The summed E-state index contributed by atoms with van der Waals surface area (Å²) in [6, 6.07) is 0. The molecule has 0 aliphatic rings. The van der Waals surface area contributed by atoms with E-state index in [9.17, 15) is 8.78 Å². The number of rotatable bonds is 10. The van der Waals surface area contributed by atoms with Crippen molar-refractivity contribution in [2.75, 3.05) is 0 Å². The fourth-order valence-electron chi connectivity index (χ4n) is 2.06. The van der Waals surface area contributed by atoms with Gasteiger partial charge in [-0.15, -0.1) is 0 Å². The summed E-state index contributed by atoms with van der Waals surface area (Å²) < 4.78 is 27.6. The molecule has 0 aromatic heterocycles. The molecular weight excluding hydrogens is 206 g/mol. The van der Waals surface area contributed by atoms with Crippen molar-refractivity contribution in [2.24, 2.45) is 0 Å². The summed E-state index contributed by atoms with van der Waals surface area (Å²) >= 11 is 0. The molecule has 0 fully saturated rings. The molecule has 2 heteroatoms. The molecule has 0 aromatic carbocycles. The maximum atomic E-state index is 13.9. The van der Waals surface area contributed by atoms with Crippen molar-refractivity contribution < 1.29 is 8.78 Å². The van der Waals surface area contributed by atoms with Gasteiger partial charge in [-0.05, 0) is 19.3 Å². The van der Waals surface area contributed by atoms with Crippen LogP contribution in [0.2, 0.25) is 0 Å². The van der Waals surface area contributed by atoms with Gasteiger partial charge in [0.1, 0.15) is 11.8 Å². The summed E-state index contributed by atoms with van der Waals surface area (Å²) in [5, 5.41) is 0. The van der Waals surface area contributed by atoms with Gasteiger partial charge < -0.3 is 0 Å². The van der Waals surface area contributed by atoms with E-state index in [1.54, 1.807) is 13.8 Å². The fourth-order valence-corrected chi connectivity index (χ4v) is 2.06. The zero-order valence-electron chi connectivity index (χ0n) is 11.2. The first-order valence-corrected chi connectivity index (χ1v) is 6.93. The van der Waals surface area contributed by atoms with E-state index in [2.05, 4.69) is 6.92 Å². The van der Waals surface area contributed by atoms with E-state index in [0.29, 0.717) is 19.3 Å². The second kappa shape index (κ2) is 8.95. The second-order valence-electron chi connectivity index (χ2n) is 4.77. The van der Waals surface area contributed by atoms with Crippen LogP contribution in [0.25, 0.3) is 0 Å². The van der Waals surface area contributed by atoms with E-state index in [4.69, 9.17) is 0 Å². The highest BCUT2D eigenvalue weighted by atomic mass is 19.2. The van der Waals surface area contributed by atoms with Crippen molar-refractivity contribution in [3.63, 3.8) is 0 Å². The van der Waals surface area contributed by atoms with E-state index in [1.165, 1.54) is 19.3 Å². The van der Waals surface area contributed by atoms with Gasteiger partial charge in [0.15, 0.2) is 0 Å². The lowest BCUT2D eigenvalue weighted by molar-refractivity contribution is 0.0351. The average molecular weight is 234 g/mol. The highest BCUT2D eigenvalue weighted by Gasteiger charge is 2.35. The van der Waals surface area contributed by atoms with Gasteiger partial charge in [0.05, 0.1) is 0 Å². The monoisotopic (exact) mass is 234 g/mol. The summed E-state index contributed by atoms with van der Waals surface area (Å²) in [5.74, 6) is 0. The predicted molar refractivity (Wildman–Crippen MR) is 67.3 cm³/mol. The van der Waals surface area contributed by atoms with Gasteiger partial charge in [-0.3, -0.25) is 0 Å². The summed E-state index contributed by atoms with van der Waals surface area (Å²) in [4.78, 5) is 0. The molecule has 0 aromatic rings. The summed E-state index contributed by atoms with van der Waals surface area (Å²) in [5.41, 5.74) is -1.58. The normalized spacial score (nSPS) is 14.1. The van der Waals surface area contributed by atoms with Gasteiger partial charge in [0.25, 0.3) is 0 Å². The molecule has 98 valence electrons. The zero-order valence-corrected chi connectivity index (χ0v) is 11.2. The van der Waals surface area contributed by atoms with Crippen LogP contribution in [-0.4, -0.2) is 11.8 Å². The standard InChI is InChI=1S/C14H28F2/c1-4-7-8-9-10-11-12-13(15)14(16,5-2)6-3/h13H,4-12H2,1-3H3. The van der Waals surface area contributed by atoms with E-state index in [-0.39, 0.29) is 0 Å². The number of alkyl halides is 2. The quantitative estimate of drug-likeness (QED) is 0.431. The maximum absolute atomic E-state index is 13.9. The van der Waals surface area contributed by atoms with Crippen LogP contribution in [0.5, 0.6) is 0 Å². The molecule has 0 heterocycles. The first-order chi connectivity index (χ1) is 7.60. The molecule has 0 N–H and O–H groups in total. The van der Waals surface area contributed by atoms with Gasteiger partial charge in [0.2, 0.25) is 0 Å². The molecule has 0 saturated carbocycles. The lowest BCUT2D eigenvalue weighted by atomic mass is 9.90. The smallest absolute Gasteiger partial charge is 0.141 e. The summed E-state index contributed by atoms with van der Waals surface area (Å²) in [6.45, 7) is 5.65. The molecular formula is C14H28F2. The Bertz CT molecular complexity index is 153. The Morgan fingerprint density at radius 1 is 0.875 bits per heavy atom. The maximum Gasteiger partial charge on any atom is 0.141 e. The molecule has 0 nitrogen and oxygen atoms in total. The van der Waals surface area contributed by atoms with Gasteiger partial charge >= 0.3 is 0 Å². The second-order valence-corrected chi connectivity index (χ2v) is 4.77. The summed E-state index contributed by atoms with van der Waals surface area (Å²) in [6.07, 6.45) is 6.47. The molecule has 0 rings (SSSR count). The third-order valence-corrected chi connectivity index (χ3v) is 3.55. The third-order valence-electron chi connectivity index (χ3n) is 3.55. The highest BCUT2D eigenvalue weighted by Crippen LogP contribution is 2.30. The van der Waals surface area contributed by atoms with Crippen molar-refractivity contribution in [1.29, 1.82) is 0 Å². The molecule has 1 unspecified atom stereocenters. The van der Waals surface area contributed by atoms with E-state index >= 15 is 0 Å². The van der Waals surface area contributed by atoms with Crippen molar-refractivity contribution in [3.05, 3.63) is 0 Å². The van der Waals surface area contributed by atoms with Crippen LogP contribution in [-0.2, 0) is 0 Å². The van der Waals surface area contributed by atoms with Crippen molar-refractivity contribution in [3.8, 4) is 0 Å². The van der Waals surface area contributed by atoms with Gasteiger partial charge in [-0.25, -0.2) is 8.78 Å². The Hall–Kier alpha value is -0.140. The zero-order chi connectivity index (χ0) is 12.4. The molecule has 0 saturated heterocycles. The van der Waals surface area contributed by atoms with Crippen LogP contribution in [0.15, 0.2) is 0 Å². The Kier molecular flexibility index (Phi) is 8.87. The van der Waals surface area contributed by atoms with Crippen LogP contribution in [0.3, 0.4) is 0 Å². The number of halogens is 2. The minimum absolute atomic E-state index is 0.292. The van der Waals surface area contributed by atoms with E-state index in [0.717, 1.165) is 19.3 Å². The third kappa shape index (κ3) is 5.81. The number of hydrogen-bond acceptors (Lipinski definition) is 0. The average Bonchev–Trinajstić information content (AvgIpc) is 2.32. The molecule has 0 bridgehead atoms.